The van der Waals surface area contributed by atoms with E-state index in [2.05, 4.69) is 39.9 Å². The molecular weight excluding hydrogens is 328 g/mol. The van der Waals surface area contributed by atoms with Crippen molar-refractivity contribution < 1.29 is 9.53 Å². The van der Waals surface area contributed by atoms with Gasteiger partial charge in [-0.05, 0) is 36.8 Å². The smallest absolute Gasteiger partial charge is 0.222 e. The first kappa shape index (κ1) is 17.3. The third-order valence-corrected chi connectivity index (χ3v) is 5.68. The van der Waals surface area contributed by atoms with Gasteiger partial charge in [0.2, 0.25) is 5.91 Å². The van der Waals surface area contributed by atoms with Gasteiger partial charge in [0.15, 0.2) is 5.96 Å². The Hall–Kier alpha value is -2.08. The van der Waals surface area contributed by atoms with Crippen molar-refractivity contribution in [2.24, 2.45) is 4.99 Å². The topological polar surface area (TPSA) is 66.0 Å². The lowest BCUT2D eigenvalue weighted by atomic mass is 9.96. The Kier molecular flexibility index (Phi) is 5.11. The summed E-state index contributed by atoms with van der Waals surface area (Å²) in [6.07, 6.45) is 5.89. The molecule has 140 valence electrons. The fraction of sp³-hybridized carbons (Fsp3) is 0.600. The average Bonchev–Trinajstić information content (AvgIpc) is 3.38. The summed E-state index contributed by atoms with van der Waals surface area (Å²) in [7, 11) is 1.81. The number of aliphatic imine (C=N–C) groups is 1. The van der Waals surface area contributed by atoms with Crippen molar-refractivity contribution in [3.63, 3.8) is 0 Å². The second-order valence-corrected chi connectivity index (χ2v) is 7.52. The van der Waals surface area contributed by atoms with Crippen molar-refractivity contribution in [3.8, 4) is 0 Å². The molecule has 2 bridgehead atoms. The summed E-state index contributed by atoms with van der Waals surface area (Å²) in [5.41, 5.74) is 2.39. The van der Waals surface area contributed by atoms with Gasteiger partial charge in [0.25, 0.3) is 0 Å². The van der Waals surface area contributed by atoms with Crippen molar-refractivity contribution in [2.45, 2.75) is 63.4 Å². The van der Waals surface area contributed by atoms with Crippen LogP contribution in [0, 0.1) is 0 Å². The number of fused-ring (bicyclic) bond motifs is 2. The number of hydrogen-bond acceptors (Lipinski definition) is 3. The van der Waals surface area contributed by atoms with Crippen LogP contribution in [0.25, 0.3) is 0 Å². The minimum atomic E-state index is 0.273. The molecule has 3 atom stereocenters. The Morgan fingerprint density at radius 1 is 1.27 bits per heavy atom. The number of benzene rings is 1. The summed E-state index contributed by atoms with van der Waals surface area (Å²) in [6.45, 7) is 2.33. The first-order valence-electron chi connectivity index (χ1n) is 9.69. The molecule has 1 amide bonds. The molecule has 3 aliphatic heterocycles. The molecule has 1 aromatic rings. The number of carbonyl (C=O) groups excluding carboxylic acids is 1. The van der Waals surface area contributed by atoms with E-state index in [1.165, 1.54) is 17.5 Å². The van der Waals surface area contributed by atoms with Gasteiger partial charge >= 0.3 is 0 Å². The third-order valence-electron chi connectivity index (χ3n) is 5.68. The van der Waals surface area contributed by atoms with Gasteiger partial charge in [-0.15, -0.1) is 0 Å². The van der Waals surface area contributed by atoms with E-state index in [-0.39, 0.29) is 5.91 Å². The maximum absolute atomic E-state index is 11.7. The highest BCUT2D eigenvalue weighted by molar-refractivity contribution is 5.80. The zero-order valence-corrected chi connectivity index (χ0v) is 15.4. The van der Waals surface area contributed by atoms with E-state index in [4.69, 9.17) is 4.74 Å². The molecule has 3 saturated heterocycles. The predicted molar refractivity (Wildman–Crippen MR) is 101 cm³/mol. The number of guanidine groups is 1. The van der Waals surface area contributed by atoms with E-state index in [1.54, 1.807) is 7.05 Å². The second kappa shape index (κ2) is 7.66. The zero-order chi connectivity index (χ0) is 17.9. The quantitative estimate of drug-likeness (QED) is 0.624. The maximum atomic E-state index is 11.7. The van der Waals surface area contributed by atoms with E-state index >= 15 is 0 Å². The highest BCUT2D eigenvalue weighted by Gasteiger charge is 2.41. The van der Waals surface area contributed by atoms with Gasteiger partial charge < -0.3 is 20.3 Å². The Morgan fingerprint density at radius 3 is 2.69 bits per heavy atom. The van der Waals surface area contributed by atoms with Crippen molar-refractivity contribution in [2.75, 3.05) is 13.6 Å². The van der Waals surface area contributed by atoms with E-state index in [0.717, 1.165) is 44.9 Å². The molecule has 0 spiro atoms. The highest BCUT2D eigenvalue weighted by atomic mass is 16.5. The lowest BCUT2D eigenvalue weighted by Gasteiger charge is -2.22. The van der Waals surface area contributed by atoms with Gasteiger partial charge in [-0.2, -0.15) is 0 Å². The van der Waals surface area contributed by atoms with Crippen molar-refractivity contribution in [1.82, 2.24) is 15.5 Å². The standard InChI is InChI=1S/C20H28N4O2/c1-21-20(23-17-11-16-8-9-18(17)26-16)22-12-14-4-6-15(7-5-14)13-24-10-2-3-19(24)25/h4-7,16-18H,2-3,8-13H2,1H3,(H2,21,22,23). The van der Waals surface area contributed by atoms with Crippen LogP contribution in [0.15, 0.2) is 29.3 Å². The molecule has 2 N–H and O–H groups in total. The number of ether oxygens (including phenoxy) is 1. The number of nitrogens with one attached hydrogen (secondary N) is 2. The van der Waals surface area contributed by atoms with Crippen molar-refractivity contribution >= 4 is 11.9 Å². The third kappa shape index (κ3) is 3.85. The molecular formula is C20H28N4O2. The van der Waals surface area contributed by atoms with E-state index < -0.39 is 0 Å². The lowest BCUT2D eigenvalue weighted by Crippen LogP contribution is -2.47. The highest BCUT2D eigenvalue weighted by Crippen LogP contribution is 2.34. The number of nitrogens with zero attached hydrogens (tertiary/aromatic N) is 2. The molecule has 1 aromatic carbocycles. The van der Waals surface area contributed by atoms with Crippen LogP contribution in [0.1, 0.15) is 43.2 Å². The molecule has 0 radical (unpaired) electrons. The van der Waals surface area contributed by atoms with Crippen LogP contribution in [0.5, 0.6) is 0 Å². The van der Waals surface area contributed by atoms with E-state index in [0.29, 0.717) is 24.7 Å². The molecule has 26 heavy (non-hydrogen) atoms. The molecule has 3 aliphatic rings. The fourth-order valence-electron chi connectivity index (χ4n) is 4.20. The van der Waals surface area contributed by atoms with Crippen LogP contribution in [0.2, 0.25) is 0 Å². The summed E-state index contributed by atoms with van der Waals surface area (Å²) in [5, 5.41) is 6.89. The molecule has 0 aromatic heterocycles. The van der Waals surface area contributed by atoms with Crippen molar-refractivity contribution in [3.05, 3.63) is 35.4 Å². The number of hydrogen-bond donors (Lipinski definition) is 2. The summed E-state index contributed by atoms with van der Waals surface area (Å²) < 4.78 is 5.90. The summed E-state index contributed by atoms with van der Waals surface area (Å²) in [5.74, 6) is 1.10. The molecule has 4 rings (SSSR count). The summed E-state index contributed by atoms with van der Waals surface area (Å²) >= 11 is 0. The Bertz CT molecular complexity index is 673. The monoisotopic (exact) mass is 356 g/mol. The number of carbonyl (C=O) groups is 1. The van der Waals surface area contributed by atoms with Gasteiger partial charge in [-0.3, -0.25) is 9.79 Å². The van der Waals surface area contributed by atoms with Gasteiger partial charge in [-0.1, -0.05) is 24.3 Å². The Balaban J connectivity index is 1.26. The normalized spacial score (nSPS) is 28.0. The largest absolute Gasteiger partial charge is 0.373 e. The van der Waals surface area contributed by atoms with E-state index in [1.807, 2.05) is 4.90 Å². The zero-order valence-electron chi connectivity index (χ0n) is 15.4. The molecule has 0 aliphatic carbocycles. The molecule has 3 fully saturated rings. The van der Waals surface area contributed by atoms with Gasteiger partial charge in [0.1, 0.15) is 0 Å². The molecule has 3 unspecified atom stereocenters. The second-order valence-electron chi connectivity index (χ2n) is 7.52. The number of amides is 1. The van der Waals surface area contributed by atoms with Crippen molar-refractivity contribution in [1.29, 1.82) is 0 Å². The Labute approximate surface area is 155 Å². The fourth-order valence-corrected chi connectivity index (χ4v) is 4.20. The first-order chi connectivity index (χ1) is 12.7. The van der Waals surface area contributed by atoms with E-state index in [9.17, 15) is 4.79 Å². The summed E-state index contributed by atoms with van der Waals surface area (Å²) in [6, 6.07) is 8.85. The minimum absolute atomic E-state index is 0.273. The van der Waals surface area contributed by atoms with Crippen LogP contribution >= 0.6 is 0 Å². The predicted octanol–water partition coefficient (Wildman–Crippen LogP) is 1.79. The van der Waals surface area contributed by atoms with Gasteiger partial charge in [-0.25, -0.2) is 0 Å². The van der Waals surface area contributed by atoms with Crippen LogP contribution in [0.3, 0.4) is 0 Å². The maximum Gasteiger partial charge on any atom is 0.222 e. The summed E-state index contributed by atoms with van der Waals surface area (Å²) in [4.78, 5) is 18.0. The molecule has 6 heteroatoms. The molecule has 0 saturated carbocycles. The number of rotatable bonds is 5. The molecule has 3 heterocycles. The lowest BCUT2D eigenvalue weighted by molar-refractivity contribution is -0.128. The van der Waals surface area contributed by atoms with Crippen LogP contribution in [0.4, 0.5) is 0 Å². The molecule has 6 nitrogen and oxygen atoms in total. The van der Waals surface area contributed by atoms with Gasteiger partial charge in [0.05, 0.1) is 18.2 Å². The Morgan fingerprint density at radius 2 is 2.08 bits per heavy atom. The van der Waals surface area contributed by atoms with Crippen LogP contribution in [-0.2, 0) is 22.6 Å². The average molecular weight is 356 g/mol. The van der Waals surface area contributed by atoms with Gasteiger partial charge in [0, 0.05) is 33.1 Å². The van der Waals surface area contributed by atoms with Crippen LogP contribution in [-0.4, -0.2) is 48.6 Å². The first-order valence-corrected chi connectivity index (χ1v) is 9.69. The SMILES string of the molecule is CN=C(NCc1ccc(CN2CCCC2=O)cc1)NC1CC2CCC1O2. The number of likely N-dealkylation sites (tertiary alicyclic amines) is 1. The minimum Gasteiger partial charge on any atom is -0.373 e. The van der Waals surface area contributed by atoms with Crippen LogP contribution < -0.4 is 10.6 Å².